The van der Waals surface area contributed by atoms with Gasteiger partial charge in [0.05, 0.1) is 5.56 Å². The van der Waals surface area contributed by atoms with E-state index in [0.29, 0.717) is 11.1 Å². The minimum absolute atomic E-state index is 0.0494. The van der Waals surface area contributed by atoms with Crippen molar-refractivity contribution in [1.29, 1.82) is 0 Å². The third-order valence-electron chi connectivity index (χ3n) is 4.96. The van der Waals surface area contributed by atoms with E-state index in [9.17, 15) is 22.8 Å². The van der Waals surface area contributed by atoms with Crippen LogP contribution < -0.4 is 0 Å². The van der Waals surface area contributed by atoms with Crippen LogP contribution in [0.25, 0.3) is 10.4 Å². The molecule has 0 aliphatic carbocycles. The lowest BCUT2D eigenvalue weighted by Crippen LogP contribution is -2.42. The van der Waals surface area contributed by atoms with E-state index in [1.165, 1.54) is 12.1 Å². The number of ether oxygens (including phenoxy) is 1. The Kier molecular flexibility index (Phi) is 5.98. The summed E-state index contributed by atoms with van der Waals surface area (Å²) in [5.41, 5.74) is 9.13. The lowest BCUT2D eigenvalue weighted by molar-refractivity contribution is -0.137. The fourth-order valence-electron chi connectivity index (χ4n) is 3.30. The number of nitrogens with zero attached hydrogens (tertiary/aromatic N) is 4. The van der Waals surface area contributed by atoms with Crippen molar-refractivity contribution in [1.82, 2.24) is 4.90 Å². The van der Waals surface area contributed by atoms with Crippen LogP contribution in [0.3, 0.4) is 0 Å². The molecule has 2 aromatic rings. The average Bonchev–Trinajstić information content (AvgIpc) is 3.12. The van der Waals surface area contributed by atoms with E-state index < -0.39 is 41.7 Å². The SMILES string of the molecule is C[C@@H](c1ccc(C(F)(F)F)cc1)C(N=[N+]=[N-])C(=O)N1C(=O)OC[C@H]1c1ccccc1. The Morgan fingerprint density at radius 1 is 1.20 bits per heavy atom. The van der Waals surface area contributed by atoms with Crippen molar-refractivity contribution < 1.29 is 27.5 Å². The number of benzene rings is 2. The molecular formula is C20H17F3N4O3. The second-order valence-electron chi connectivity index (χ2n) is 6.77. The number of cyclic esters (lactones) is 1. The van der Waals surface area contributed by atoms with Gasteiger partial charge in [0.25, 0.3) is 0 Å². The molecule has 1 heterocycles. The van der Waals surface area contributed by atoms with Crippen LogP contribution in [-0.4, -0.2) is 29.5 Å². The van der Waals surface area contributed by atoms with E-state index in [4.69, 9.17) is 10.3 Å². The molecule has 156 valence electrons. The molecule has 3 atom stereocenters. The number of imide groups is 1. The molecule has 7 nitrogen and oxygen atoms in total. The van der Waals surface area contributed by atoms with Gasteiger partial charge in [-0.25, -0.2) is 9.69 Å². The van der Waals surface area contributed by atoms with Crippen LogP contribution in [0.15, 0.2) is 59.7 Å². The Labute approximate surface area is 169 Å². The monoisotopic (exact) mass is 418 g/mol. The van der Waals surface area contributed by atoms with Gasteiger partial charge in [0, 0.05) is 4.91 Å². The highest BCUT2D eigenvalue weighted by Gasteiger charge is 2.43. The maximum atomic E-state index is 13.2. The van der Waals surface area contributed by atoms with E-state index in [2.05, 4.69) is 10.0 Å². The normalized spacial score (nSPS) is 18.3. The third kappa shape index (κ3) is 4.23. The number of rotatable bonds is 5. The minimum atomic E-state index is -4.50. The molecule has 2 aromatic carbocycles. The highest BCUT2D eigenvalue weighted by Crippen LogP contribution is 2.34. The van der Waals surface area contributed by atoms with Gasteiger partial charge in [-0.2, -0.15) is 13.2 Å². The topological polar surface area (TPSA) is 95.4 Å². The lowest BCUT2D eigenvalue weighted by atomic mass is 9.91. The number of halogens is 3. The van der Waals surface area contributed by atoms with Crippen molar-refractivity contribution in [3.05, 3.63) is 81.7 Å². The summed E-state index contributed by atoms with van der Waals surface area (Å²) < 4.78 is 43.4. The first kappa shape index (κ1) is 21.2. The Hall–Kier alpha value is -3.52. The molecule has 0 radical (unpaired) electrons. The summed E-state index contributed by atoms with van der Waals surface area (Å²) in [6.45, 7) is 1.49. The summed E-state index contributed by atoms with van der Waals surface area (Å²) in [4.78, 5) is 29.0. The molecule has 0 N–H and O–H groups in total. The van der Waals surface area contributed by atoms with Crippen LogP contribution in [0.4, 0.5) is 18.0 Å². The van der Waals surface area contributed by atoms with E-state index >= 15 is 0 Å². The largest absolute Gasteiger partial charge is 0.446 e. The summed E-state index contributed by atoms with van der Waals surface area (Å²) in [6.07, 6.45) is -5.36. The van der Waals surface area contributed by atoms with Gasteiger partial charge in [-0.3, -0.25) is 4.79 Å². The molecule has 1 saturated heterocycles. The molecule has 3 rings (SSSR count). The third-order valence-corrected chi connectivity index (χ3v) is 4.96. The van der Waals surface area contributed by atoms with E-state index in [1.54, 1.807) is 37.3 Å². The molecular weight excluding hydrogens is 401 g/mol. The van der Waals surface area contributed by atoms with E-state index in [0.717, 1.165) is 17.0 Å². The number of carbonyl (C=O) groups is 2. The van der Waals surface area contributed by atoms with Gasteiger partial charge in [0.15, 0.2) is 0 Å². The van der Waals surface area contributed by atoms with Crippen LogP contribution in [-0.2, 0) is 15.7 Å². The van der Waals surface area contributed by atoms with Crippen molar-refractivity contribution in [3.63, 3.8) is 0 Å². The quantitative estimate of drug-likeness (QED) is 0.379. The van der Waals surface area contributed by atoms with Crippen molar-refractivity contribution in [2.45, 2.75) is 31.1 Å². The summed E-state index contributed by atoms with van der Waals surface area (Å²) >= 11 is 0. The summed E-state index contributed by atoms with van der Waals surface area (Å²) in [7, 11) is 0. The first-order valence-corrected chi connectivity index (χ1v) is 9.00. The summed E-state index contributed by atoms with van der Waals surface area (Å²) in [5.74, 6) is -1.56. The molecule has 1 unspecified atom stereocenters. The number of carbonyl (C=O) groups excluding carboxylic acids is 2. The predicted octanol–water partition coefficient (Wildman–Crippen LogP) is 5.21. The van der Waals surface area contributed by atoms with Gasteiger partial charge in [0.1, 0.15) is 18.7 Å². The van der Waals surface area contributed by atoms with Crippen molar-refractivity contribution in [3.8, 4) is 0 Å². The number of hydrogen-bond acceptors (Lipinski definition) is 4. The van der Waals surface area contributed by atoms with E-state index in [1.807, 2.05) is 0 Å². The number of amides is 2. The Balaban J connectivity index is 1.90. The van der Waals surface area contributed by atoms with Crippen LogP contribution in [0.2, 0.25) is 0 Å². The maximum Gasteiger partial charge on any atom is 0.417 e. The Bertz CT molecular complexity index is 973. The molecule has 0 aromatic heterocycles. The second-order valence-corrected chi connectivity index (χ2v) is 6.77. The number of azide groups is 1. The number of hydrogen-bond donors (Lipinski definition) is 0. The maximum absolute atomic E-state index is 13.2. The zero-order valence-corrected chi connectivity index (χ0v) is 15.8. The van der Waals surface area contributed by atoms with Crippen LogP contribution >= 0.6 is 0 Å². The first-order valence-electron chi connectivity index (χ1n) is 9.00. The molecule has 0 bridgehead atoms. The number of alkyl halides is 3. The molecule has 30 heavy (non-hydrogen) atoms. The molecule has 0 saturated carbocycles. The van der Waals surface area contributed by atoms with Crippen molar-refractivity contribution in [2.75, 3.05) is 6.61 Å². The van der Waals surface area contributed by atoms with Crippen LogP contribution in [0.1, 0.15) is 35.6 Å². The standard InChI is InChI=1S/C20H17F3N4O3/c1-12(13-7-9-15(10-8-13)20(21,22)23)17(25-26-24)18(28)27-16(11-30-19(27)29)14-5-3-2-4-6-14/h2-10,12,16-17H,11H2,1H3/t12-,16-,17?/m0/s1. The summed E-state index contributed by atoms with van der Waals surface area (Å²) in [6, 6.07) is 10.9. The fraction of sp³-hybridized carbons (Fsp3) is 0.300. The van der Waals surface area contributed by atoms with Gasteiger partial charge in [-0.15, -0.1) is 0 Å². The second kappa shape index (κ2) is 8.46. The van der Waals surface area contributed by atoms with Gasteiger partial charge in [-0.05, 0) is 34.7 Å². The van der Waals surface area contributed by atoms with Crippen LogP contribution in [0, 0.1) is 0 Å². The molecule has 2 amide bonds. The van der Waals surface area contributed by atoms with Gasteiger partial charge in [0.2, 0.25) is 5.91 Å². The minimum Gasteiger partial charge on any atom is -0.446 e. The molecule has 1 fully saturated rings. The zero-order valence-electron chi connectivity index (χ0n) is 15.8. The smallest absolute Gasteiger partial charge is 0.417 e. The predicted molar refractivity (Wildman–Crippen MR) is 100 cm³/mol. The Morgan fingerprint density at radius 3 is 2.40 bits per heavy atom. The van der Waals surface area contributed by atoms with Gasteiger partial charge < -0.3 is 4.74 Å². The van der Waals surface area contributed by atoms with Crippen molar-refractivity contribution in [2.24, 2.45) is 5.11 Å². The molecule has 1 aliphatic rings. The van der Waals surface area contributed by atoms with Crippen molar-refractivity contribution >= 4 is 12.0 Å². The highest BCUT2D eigenvalue weighted by atomic mass is 19.4. The molecule has 10 heteroatoms. The van der Waals surface area contributed by atoms with Crippen LogP contribution in [0.5, 0.6) is 0 Å². The van der Waals surface area contributed by atoms with Gasteiger partial charge >= 0.3 is 12.3 Å². The summed E-state index contributed by atoms with van der Waals surface area (Å²) in [5, 5.41) is 3.54. The fourth-order valence-corrected chi connectivity index (χ4v) is 3.30. The molecule has 1 aliphatic heterocycles. The average molecular weight is 418 g/mol. The zero-order chi connectivity index (χ0) is 21.9. The first-order chi connectivity index (χ1) is 14.2. The highest BCUT2D eigenvalue weighted by molar-refractivity contribution is 5.97. The lowest BCUT2D eigenvalue weighted by Gasteiger charge is -2.26. The molecule has 0 spiro atoms. The van der Waals surface area contributed by atoms with E-state index in [-0.39, 0.29) is 6.61 Å². The Morgan fingerprint density at radius 2 is 1.83 bits per heavy atom. The van der Waals surface area contributed by atoms with Gasteiger partial charge in [-0.1, -0.05) is 54.5 Å².